The van der Waals surface area contributed by atoms with Crippen molar-refractivity contribution in [3.63, 3.8) is 0 Å². The average Bonchev–Trinajstić information content (AvgIpc) is 2.76. The fourth-order valence-electron chi connectivity index (χ4n) is 3.17. The Morgan fingerprint density at radius 2 is 1.52 bits per heavy atom. The first-order chi connectivity index (χ1) is 15.6. The van der Waals surface area contributed by atoms with E-state index >= 15 is 0 Å². The molecular formula is C25H32N2O5S. The summed E-state index contributed by atoms with van der Waals surface area (Å²) in [6.07, 6.45) is 2.67. The van der Waals surface area contributed by atoms with Gasteiger partial charge in [0.25, 0.3) is 0 Å². The summed E-state index contributed by atoms with van der Waals surface area (Å²) in [5.74, 6) is -0.270. The van der Waals surface area contributed by atoms with E-state index in [1.165, 1.54) is 6.08 Å². The molecule has 2 N–H and O–H groups in total. The van der Waals surface area contributed by atoms with E-state index in [1.54, 1.807) is 0 Å². The van der Waals surface area contributed by atoms with E-state index in [9.17, 15) is 18.0 Å². The van der Waals surface area contributed by atoms with Crippen LogP contribution in [0.2, 0.25) is 0 Å². The van der Waals surface area contributed by atoms with Crippen molar-refractivity contribution < 1.29 is 22.7 Å². The van der Waals surface area contributed by atoms with Crippen molar-refractivity contribution in [2.45, 2.75) is 45.4 Å². The molecule has 2 rings (SSSR count). The number of nitrogens with one attached hydrogen (secondary N) is 2. The maximum absolute atomic E-state index is 13.0. The second-order valence-electron chi connectivity index (χ2n) is 8.35. The molecular weight excluding hydrogens is 440 g/mol. The molecule has 0 spiro atoms. The highest BCUT2D eigenvalue weighted by molar-refractivity contribution is 7.93. The van der Waals surface area contributed by atoms with Crippen molar-refractivity contribution in [1.82, 2.24) is 10.6 Å². The Balaban J connectivity index is 2.08. The molecule has 178 valence electrons. The fraction of sp³-hybridized carbons (Fsp3) is 0.360. The molecule has 0 aliphatic rings. The number of hydrogen-bond donors (Lipinski definition) is 2. The van der Waals surface area contributed by atoms with Crippen LogP contribution in [0.4, 0.5) is 4.79 Å². The van der Waals surface area contributed by atoms with Gasteiger partial charge in [0.15, 0.2) is 9.84 Å². The smallest absolute Gasteiger partial charge is 0.408 e. The topological polar surface area (TPSA) is 102 Å². The first-order valence-corrected chi connectivity index (χ1v) is 12.8. The highest BCUT2D eigenvalue weighted by atomic mass is 32.2. The van der Waals surface area contributed by atoms with Crippen LogP contribution in [0, 0.1) is 5.92 Å². The van der Waals surface area contributed by atoms with Crippen LogP contribution in [0.5, 0.6) is 0 Å². The molecule has 2 aromatic carbocycles. The van der Waals surface area contributed by atoms with Crippen LogP contribution in [0.15, 0.2) is 72.1 Å². The molecule has 2 unspecified atom stereocenters. The van der Waals surface area contributed by atoms with E-state index in [0.717, 1.165) is 22.8 Å². The zero-order valence-electron chi connectivity index (χ0n) is 19.2. The largest absolute Gasteiger partial charge is 0.445 e. The summed E-state index contributed by atoms with van der Waals surface area (Å²) < 4.78 is 28.5. The van der Waals surface area contributed by atoms with Crippen LogP contribution in [0.3, 0.4) is 0 Å². The fourth-order valence-corrected chi connectivity index (χ4v) is 3.64. The highest BCUT2D eigenvalue weighted by Crippen LogP contribution is 2.09. The Bertz CT molecular complexity index is 1020. The molecule has 2 amide bonds. The number of carbonyl (C=O) groups excluding carboxylic acids is 2. The summed E-state index contributed by atoms with van der Waals surface area (Å²) in [6, 6.07) is 17.3. The monoisotopic (exact) mass is 472 g/mol. The number of alkyl carbamates (subject to hydrolysis) is 1. The van der Waals surface area contributed by atoms with E-state index in [2.05, 4.69) is 10.6 Å². The lowest BCUT2D eigenvalue weighted by molar-refractivity contribution is -0.123. The first kappa shape index (κ1) is 26.1. The molecule has 0 fully saturated rings. The van der Waals surface area contributed by atoms with Crippen molar-refractivity contribution in [3.05, 3.63) is 83.3 Å². The van der Waals surface area contributed by atoms with Crippen molar-refractivity contribution in [2.75, 3.05) is 6.26 Å². The summed E-state index contributed by atoms with van der Waals surface area (Å²) in [6.45, 7) is 3.99. The Morgan fingerprint density at radius 1 is 0.939 bits per heavy atom. The molecule has 7 nitrogen and oxygen atoms in total. The minimum atomic E-state index is -3.36. The molecule has 0 bridgehead atoms. The normalized spacial score (nSPS) is 13.5. The maximum atomic E-state index is 13.0. The molecule has 0 saturated carbocycles. The van der Waals surface area contributed by atoms with Crippen LogP contribution in [-0.4, -0.2) is 38.8 Å². The number of rotatable bonds is 11. The predicted molar refractivity (Wildman–Crippen MR) is 129 cm³/mol. The Morgan fingerprint density at radius 3 is 2.06 bits per heavy atom. The molecule has 0 aromatic heterocycles. The zero-order chi connectivity index (χ0) is 24.3. The molecule has 0 radical (unpaired) electrons. The second kappa shape index (κ2) is 12.8. The van der Waals surface area contributed by atoms with Gasteiger partial charge in [0.1, 0.15) is 12.6 Å². The Hall–Kier alpha value is -3.13. The summed E-state index contributed by atoms with van der Waals surface area (Å²) in [5, 5.41) is 6.59. The lowest BCUT2D eigenvalue weighted by Crippen LogP contribution is -2.50. The molecule has 8 heteroatoms. The van der Waals surface area contributed by atoms with E-state index in [-0.39, 0.29) is 12.5 Å². The third-order valence-corrected chi connectivity index (χ3v) is 5.36. The van der Waals surface area contributed by atoms with Crippen LogP contribution in [0.1, 0.15) is 31.4 Å². The van der Waals surface area contributed by atoms with Gasteiger partial charge >= 0.3 is 6.09 Å². The SMILES string of the molecule is CC(C)CC(NC(=O)OCc1ccccc1)C(=O)NC(C=CS(C)(=O)=O)Cc1ccccc1. The van der Waals surface area contributed by atoms with Gasteiger partial charge in [-0.05, 0) is 29.9 Å². The Kier molecular flexibility index (Phi) is 10.1. The molecule has 0 saturated heterocycles. The van der Waals surface area contributed by atoms with Gasteiger partial charge in [-0.3, -0.25) is 4.79 Å². The van der Waals surface area contributed by atoms with Crippen LogP contribution in [-0.2, 0) is 32.4 Å². The van der Waals surface area contributed by atoms with Gasteiger partial charge in [-0.15, -0.1) is 0 Å². The molecule has 33 heavy (non-hydrogen) atoms. The van der Waals surface area contributed by atoms with Crippen LogP contribution < -0.4 is 10.6 Å². The van der Waals surface area contributed by atoms with E-state index < -0.39 is 33.9 Å². The third kappa shape index (κ3) is 10.8. The number of benzene rings is 2. The highest BCUT2D eigenvalue weighted by Gasteiger charge is 2.24. The van der Waals surface area contributed by atoms with Gasteiger partial charge in [0.2, 0.25) is 5.91 Å². The van der Waals surface area contributed by atoms with E-state index in [0.29, 0.717) is 12.8 Å². The average molecular weight is 473 g/mol. The van der Waals surface area contributed by atoms with Gasteiger partial charge < -0.3 is 15.4 Å². The predicted octanol–water partition coefficient (Wildman–Crippen LogP) is 3.61. The molecule has 2 atom stereocenters. The minimum Gasteiger partial charge on any atom is -0.445 e. The first-order valence-electron chi connectivity index (χ1n) is 10.8. The summed E-state index contributed by atoms with van der Waals surface area (Å²) >= 11 is 0. The van der Waals surface area contributed by atoms with Gasteiger partial charge in [-0.25, -0.2) is 13.2 Å². The standard InChI is InChI=1S/C25H32N2O5S/c1-19(2)16-23(27-25(29)32-18-21-12-8-5-9-13-21)24(28)26-22(14-15-33(3,30)31)17-20-10-6-4-7-11-20/h4-15,19,22-23H,16-18H2,1-3H3,(H,26,28)(H,27,29). The van der Waals surface area contributed by atoms with E-state index in [4.69, 9.17) is 4.74 Å². The Labute approximate surface area is 196 Å². The molecule has 0 aliphatic heterocycles. The number of hydrogen-bond acceptors (Lipinski definition) is 5. The maximum Gasteiger partial charge on any atom is 0.408 e. The molecule has 2 aromatic rings. The van der Waals surface area contributed by atoms with Crippen LogP contribution in [0.25, 0.3) is 0 Å². The number of ether oxygens (including phenoxy) is 1. The summed E-state index contributed by atoms with van der Waals surface area (Å²) in [7, 11) is -3.36. The van der Waals surface area contributed by atoms with Crippen molar-refractivity contribution >= 4 is 21.8 Å². The van der Waals surface area contributed by atoms with E-state index in [1.807, 2.05) is 74.5 Å². The number of amides is 2. The van der Waals surface area contributed by atoms with Crippen molar-refractivity contribution in [1.29, 1.82) is 0 Å². The lowest BCUT2D eigenvalue weighted by atomic mass is 10.0. The minimum absolute atomic E-state index is 0.0937. The van der Waals surface area contributed by atoms with Gasteiger partial charge in [0, 0.05) is 11.7 Å². The molecule has 0 aliphatic carbocycles. The third-order valence-electron chi connectivity index (χ3n) is 4.71. The lowest BCUT2D eigenvalue weighted by Gasteiger charge is -2.23. The van der Waals surface area contributed by atoms with Crippen LogP contribution >= 0.6 is 0 Å². The van der Waals surface area contributed by atoms with Crippen molar-refractivity contribution in [2.24, 2.45) is 5.92 Å². The summed E-state index contributed by atoms with van der Waals surface area (Å²) in [4.78, 5) is 25.4. The quantitative estimate of drug-likeness (QED) is 0.520. The van der Waals surface area contributed by atoms with Gasteiger partial charge in [-0.1, -0.05) is 80.6 Å². The molecule has 0 heterocycles. The van der Waals surface area contributed by atoms with Gasteiger partial charge in [0.05, 0.1) is 6.04 Å². The zero-order valence-corrected chi connectivity index (χ0v) is 20.0. The van der Waals surface area contributed by atoms with Gasteiger partial charge in [-0.2, -0.15) is 0 Å². The number of sulfone groups is 1. The summed E-state index contributed by atoms with van der Waals surface area (Å²) in [5.41, 5.74) is 1.78. The number of carbonyl (C=O) groups is 2. The van der Waals surface area contributed by atoms with Crippen molar-refractivity contribution in [3.8, 4) is 0 Å². The second-order valence-corrected chi connectivity index (χ2v) is 10.3.